The summed E-state index contributed by atoms with van der Waals surface area (Å²) in [4.78, 5) is 10.8. The summed E-state index contributed by atoms with van der Waals surface area (Å²) in [6.07, 6.45) is 0. The lowest BCUT2D eigenvalue weighted by atomic mass is 10.1. The van der Waals surface area contributed by atoms with E-state index in [1.807, 2.05) is 6.07 Å². The van der Waals surface area contributed by atoms with Crippen LogP contribution in [0.1, 0.15) is 0 Å². The normalized spacial score (nSPS) is 11.1. The topological polar surface area (TPSA) is 34.4 Å². The van der Waals surface area contributed by atoms with E-state index in [4.69, 9.17) is 0 Å². The van der Waals surface area contributed by atoms with Crippen LogP contribution in [0.5, 0.6) is 0 Å². The Kier molecular flexibility index (Phi) is 1.77. The van der Waals surface area contributed by atoms with Gasteiger partial charge >= 0.3 is 0 Å². The molecule has 0 bridgehead atoms. The second kappa shape index (κ2) is 3.13. The van der Waals surface area contributed by atoms with Crippen LogP contribution in [0.2, 0.25) is 0 Å². The first-order valence-corrected chi connectivity index (χ1v) is 4.84. The SMILES string of the molecule is O=Nn1c2ccccc2c2c(F)cccc21. The van der Waals surface area contributed by atoms with Crippen LogP contribution < -0.4 is 0 Å². The molecule has 0 saturated carbocycles. The average Bonchev–Trinajstić information content (AvgIpc) is 2.64. The van der Waals surface area contributed by atoms with Gasteiger partial charge in [-0.25, -0.2) is 4.39 Å². The number of nitroso groups, excluding NO2 is 1. The van der Waals surface area contributed by atoms with Gasteiger partial charge < -0.3 is 0 Å². The fourth-order valence-corrected chi connectivity index (χ4v) is 2.04. The van der Waals surface area contributed by atoms with E-state index in [2.05, 4.69) is 5.29 Å². The Hall–Kier alpha value is -2.23. The summed E-state index contributed by atoms with van der Waals surface area (Å²) in [6, 6.07) is 11.8. The quantitative estimate of drug-likeness (QED) is 0.571. The van der Waals surface area contributed by atoms with Crippen molar-refractivity contribution in [2.75, 3.05) is 0 Å². The third kappa shape index (κ3) is 1.01. The van der Waals surface area contributed by atoms with Gasteiger partial charge in [0.05, 0.1) is 16.3 Å². The molecule has 1 heterocycles. The lowest BCUT2D eigenvalue weighted by molar-refractivity contribution is 0.640. The summed E-state index contributed by atoms with van der Waals surface area (Å²) >= 11 is 0. The second-order valence-electron chi connectivity index (χ2n) is 3.54. The van der Waals surface area contributed by atoms with E-state index in [9.17, 15) is 9.30 Å². The minimum atomic E-state index is -0.337. The predicted molar refractivity (Wildman–Crippen MR) is 60.6 cm³/mol. The van der Waals surface area contributed by atoms with Gasteiger partial charge in [-0.15, -0.1) is 4.91 Å². The zero-order valence-corrected chi connectivity index (χ0v) is 8.22. The van der Waals surface area contributed by atoms with Crippen LogP contribution in [0.4, 0.5) is 4.39 Å². The minimum absolute atomic E-state index is 0.337. The van der Waals surface area contributed by atoms with Gasteiger partial charge in [0.2, 0.25) is 0 Å². The van der Waals surface area contributed by atoms with Crippen molar-refractivity contribution in [3.05, 3.63) is 53.2 Å². The van der Waals surface area contributed by atoms with Gasteiger partial charge in [0, 0.05) is 10.8 Å². The summed E-state index contributed by atoms with van der Waals surface area (Å²) in [7, 11) is 0. The summed E-state index contributed by atoms with van der Waals surface area (Å²) < 4.78 is 14.9. The van der Waals surface area contributed by atoms with Gasteiger partial charge in [-0.1, -0.05) is 24.3 Å². The smallest absolute Gasteiger partial charge is 0.133 e. The van der Waals surface area contributed by atoms with Crippen LogP contribution in [0.25, 0.3) is 21.8 Å². The molecule has 0 aliphatic heterocycles. The highest BCUT2D eigenvalue weighted by Crippen LogP contribution is 2.30. The van der Waals surface area contributed by atoms with E-state index in [1.54, 1.807) is 30.3 Å². The largest absolute Gasteiger partial charge is 0.206 e. The van der Waals surface area contributed by atoms with Crippen LogP contribution in [0.3, 0.4) is 0 Å². The Morgan fingerprint density at radius 1 is 1.00 bits per heavy atom. The average molecular weight is 214 g/mol. The Morgan fingerprint density at radius 3 is 2.56 bits per heavy atom. The number of hydrogen-bond donors (Lipinski definition) is 0. The third-order valence-electron chi connectivity index (χ3n) is 2.70. The van der Waals surface area contributed by atoms with Crippen LogP contribution in [-0.4, -0.2) is 4.68 Å². The Morgan fingerprint density at radius 2 is 1.75 bits per heavy atom. The van der Waals surface area contributed by atoms with Crippen molar-refractivity contribution in [3.8, 4) is 0 Å². The maximum absolute atomic E-state index is 13.7. The molecule has 3 aromatic rings. The van der Waals surface area contributed by atoms with Gasteiger partial charge in [0.25, 0.3) is 0 Å². The molecule has 0 fully saturated rings. The van der Waals surface area contributed by atoms with E-state index in [0.29, 0.717) is 21.8 Å². The number of halogens is 1. The van der Waals surface area contributed by atoms with Crippen molar-refractivity contribution in [3.63, 3.8) is 0 Å². The molecular weight excluding hydrogens is 207 g/mol. The fourth-order valence-electron chi connectivity index (χ4n) is 2.04. The number of nitrogens with zero attached hydrogens (tertiary/aromatic N) is 2. The molecule has 0 aliphatic carbocycles. The van der Waals surface area contributed by atoms with E-state index >= 15 is 0 Å². The molecule has 3 nitrogen and oxygen atoms in total. The number of benzene rings is 2. The Labute approximate surface area is 90.0 Å². The molecule has 2 aromatic carbocycles. The first kappa shape index (κ1) is 9.03. The second-order valence-corrected chi connectivity index (χ2v) is 3.54. The number of rotatable bonds is 1. The summed E-state index contributed by atoms with van der Waals surface area (Å²) in [5, 5.41) is 4.07. The highest BCUT2D eigenvalue weighted by molar-refractivity contribution is 6.08. The van der Waals surface area contributed by atoms with E-state index in [1.165, 1.54) is 10.7 Å². The predicted octanol–water partition coefficient (Wildman–Crippen LogP) is 3.46. The first-order chi connectivity index (χ1) is 7.83. The summed E-state index contributed by atoms with van der Waals surface area (Å²) in [6.45, 7) is 0. The fraction of sp³-hybridized carbons (Fsp3) is 0. The lowest BCUT2D eigenvalue weighted by Crippen LogP contribution is -1.85. The molecule has 78 valence electrons. The number of hydrogen-bond acceptors (Lipinski definition) is 2. The van der Waals surface area contributed by atoms with E-state index < -0.39 is 0 Å². The van der Waals surface area contributed by atoms with Crippen LogP contribution in [0.15, 0.2) is 47.8 Å². The van der Waals surface area contributed by atoms with Crippen molar-refractivity contribution >= 4 is 21.8 Å². The number of fused-ring (bicyclic) bond motifs is 3. The van der Waals surface area contributed by atoms with Crippen molar-refractivity contribution in [2.45, 2.75) is 0 Å². The molecule has 0 radical (unpaired) electrons. The molecule has 0 amide bonds. The molecule has 16 heavy (non-hydrogen) atoms. The van der Waals surface area contributed by atoms with Gasteiger partial charge in [0.1, 0.15) is 5.82 Å². The molecule has 0 spiro atoms. The lowest BCUT2D eigenvalue weighted by Gasteiger charge is -1.93. The van der Waals surface area contributed by atoms with Gasteiger partial charge in [0.15, 0.2) is 0 Å². The number of aromatic nitrogens is 1. The Bertz CT molecular complexity index is 703. The minimum Gasteiger partial charge on any atom is -0.206 e. The molecule has 0 unspecified atom stereocenters. The molecule has 0 N–H and O–H groups in total. The van der Waals surface area contributed by atoms with Gasteiger partial charge in [-0.2, -0.15) is 4.68 Å². The summed E-state index contributed by atoms with van der Waals surface area (Å²) in [5.74, 6) is -0.337. The van der Waals surface area contributed by atoms with E-state index in [0.717, 1.165) is 0 Å². The number of para-hydroxylation sites is 1. The van der Waals surface area contributed by atoms with Crippen molar-refractivity contribution in [1.29, 1.82) is 0 Å². The molecule has 3 rings (SSSR count). The van der Waals surface area contributed by atoms with Gasteiger partial charge in [-0.3, -0.25) is 0 Å². The van der Waals surface area contributed by atoms with Crippen molar-refractivity contribution in [1.82, 2.24) is 4.68 Å². The first-order valence-electron chi connectivity index (χ1n) is 4.84. The monoisotopic (exact) mass is 214 g/mol. The summed E-state index contributed by atoms with van der Waals surface area (Å²) in [5.41, 5.74) is 1.12. The molecule has 1 aromatic heterocycles. The van der Waals surface area contributed by atoms with Crippen LogP contribution in [0, 0.1) is 10.7 Å². The zero-order chi connectivity index (χ0) is 11.1. The molecule has 0 aliphatic rings. The third-order valence-corrected chi connectivity index (χ3v) is 2.70. The Balaban J connectivity index is 2.70. The molecule has 4 heteroatoms. The van der Waals surface area contributed by atoms with Crippen molar-refractivity contribution < 1.29 is 4.39 Å². The molecule has 0 saturated heterocycles. The maximum atomic E-state index is 13.7. The van der Waals surface area contributed by atoms with E-state index in [-0.39, 0.29) is 5.82 Å². The standard InChI is InChI=1S/C12H7FN2O/c13-9-5-3-7-11-12(9)8-4-1-2-6-10(8)15(11)14-16/h1-7H. The highest BCUT2D eigenvalue weighted by Gasteiger charge is 2.13. The zero-order valence-electron chi connectivity index (χ0n) is 8.22. The van der Waals surface area contributed by atoms with Crippen molar-refractivity contribution in [2.24, 2.45) is 5.29 Å². The molecular formula is C12H7FN2O. The maximum Gasteiger partial charge on any atom is 0.133 e. The van der Waals surface area contributed by atoms with Crippen LogP contribution in [-0.2, 0) is 0 Å². The highest BCUT2D eigenvalue weighted by atomic mass is 19.1. The van der Waals surface area contributed by atoms with Crippen LogP contribution >= 0.6 is 0 Å². The van der Waals surface area contributed by atoms with Gasteiger partial charge in [-0.05, 0) is 18.2 Å². The molecule has 0 atom stereocenters.